The van der Waals surface area contributed by atoms with Gasteiger partial charge >= 0.3 is 38.4 Å². The van der Waals surface area contributed by atoms with Gasteiger partial charge in [0.1, 0.15) is 29.8 Å². The van der Waals surface area contributed by atoms with Crippen LogP contribution in [0.5, 0.6) is 11.5 Å². The van der Waals surface area contributed by atoms with E-state index in [-0.39, 0.29) is 34.6 Å². The Kier molecular flexibility index (Phi) is 16.4. The summed E-state index contributed by atoms with van der Waals surface area (Å²) < 4.78 is 77.0. The van der Waals surface area contributed by atoms with Crippen molar-refractivity contribution >= 4 is 38.4 Å². The van der Waals surface area contributed by atoms with Crippen molar-refractivity contribution in [2.75, 3.05) is 20.8 Å². The number of carbonyl (C=O) groups excluding carboxylic acids is 5. The zero-order valence-electron chi connectivity index (χ0n) is 42.3. The number of rotatable bonds is 14. The second-order valence-electron chi connectivity index (χ2n) is 19.8. The largest absolute Gasteiger partial charge is 0.497 e. The Hall–Kier alpha value is -6.93. The van der Waals surface area contributed by atoms with E-state index in [1.807, 2.05) is 41.5 Å². The fraction of sp³-hybridized carbons (Fsp3) is 0.375. The van der Waals surface area contributed by atoms with Crippen LogP contribution in [0.15, 0.2) is 146 Å². The molecule has 10 atom stereocenters. The summed E-state index contributed by atoms with van der Waals surface area (Å²) in [5.41, 5.74) is 0.372. The normalized spacial score (nSPS) is 25.5. The van der Waals surface area contributed by atoms with E-state index in [0.29, 0.717) is 5.75 Å². The summed E-state index contributed by atoms with van der Waals surface area (Å²) in [5.74, 6) is -3.89. The number of fused-ring (bicyclic) bond motifs is 1. The molecule has 17 nitrogen and oxygen atoms in total. The van der Waals surface area contributed by atoms with Crippen LogP contribution in [0.25, 0.3) is 0 Å². The van der Waals surface area contributed by atoms with Crippen molar-refractivity contribution in [2.24, 2.45) is 0 Å². The van der Waals surface area contributed by atoms with E-state index >= 15 is 0 Å². The average Bonchev–Trinajstić information content (AvgIpc) is 3.40. The molecule has 0 saturated carbocycles. The van der Waals surface area contributed by atoms with Crippen molar-refractivity contribution in [3.8, 4) is 11.5 Å². The molecule has 390 valence electrons. The van der Waals surface area contributed by atoms with Gasteiger partial charge in [-0.25, -0.2) is 24.0 Å². The molecule has 0 spiro atoms. The van der Waals surface area contributed by atoms with Gasteiger partial charge in [-0.2, -0.15) is 0 Å². The van der Waals surface area contributed by atoms with E-state index in [4.69, 9.17) is 56.2 Å². The molecule has 3 heterocycles. The lowest BCUT2D eigenvalue weighted by Gasteiger charge is -2.58. The second kappa shape index (κ2) is 22.7. The minimum atomic E-state index is -3.48. The molecule has 3 aliphatic rings. The molecule has 0 N–H and O–H groups in total. The standard InChI is InChI=1S/C56H60O17Si/c1-55(2,3)74(56(4,5)6)64-33-40-41(73-74)42(46(69-50(59)36-25-17-11-18-26-36)53(66-40)65-39-31-29-38(62-7)30-32-39)71-54-47(70-51(60)37-27-19-12-20-28-37)44(68-49(58)35-23-15-10-16-24-35)43(45(72-54)52(61)63-8)67-48(57)34-21-13-9-14-22-34/h9-32,40-47,53-54H,33H2,1-8H3/t40-,41+,42+,43+,44+,45+,46-,47-,53-,54-/m1/s1. The topological polar surface area (TPSA) is 196 Å². The molecular weight excluding hydrogens is 973 g/mol. The quantitative estimate of drug-likeness (QED) is 0.0583. The van der Waals surface area contributed by atoms with Crippen LogP contribution in [0.3, 0.4) is 0 Å². The summed E-state index contributed by atoms with van der Waals surface area (Å²) in [7, 11) is -0.871. The van der Waals surface area contributed by atoms with Crippen LogP contribution in [-0.2, 0) is 51.5 Å². The van der Waals surface area contributed by atoms with Gasteiger partial charge in [0.25, 0.3) is 0 Å². The van der Waals surface area contributed by atoms with Crippen LogP contribution >= 0.6 is 0 Å². The second-order valence-corrected chi connectivity index (χ2v) is 24.6. The number of methoxy groups -OCH3 is 2. The van der Waals surface area contributed by atoms with Gasteiger partial charge in [-0.15, -0.1) is 0 Å². The molecular formula is C56H60O17Si. The van der Waals surface area contributed by atoms with Gasteiger partial charge in [-0.05, 0) is 72.8 Å². The van der Waals surface area contributed by atoms with Gasteiger partial charge in [0.05, 0.1) is 43.1 Å². The van der Waals surface area contributed by atoms with Crippen molar-refractivity contribution < 1.29 is 80.2 Å². The van der Waals surface area contributed by atoms with Crippen molar-refractivity contribution in [1.29, 1.82) is 0 Å². The first-order valence-corrected chi connectivity index (χ1v) is 25.9. The maximum atomic E-state index is 14.4. The number of hydrogen-bond donors (Lipinski definition) is 0. The fourth-order valence-corrected chi connectivity index (χ4v) is 14.4. The van der Waals surface area contributed by atoms with Crippen LogP contribution in [0.1, 0.15) is 83.0 Å². The minimum absolute atomic E-state index is 0.0370. The Balaban J connectivity index is 1.31. The molecule has 0 bridgehead atoms. The van der Waals surface area contributed by atoms with Gasteiger partial charge in [-0.3, -0.25) is 0 Å². The molecule has 74 heavy (non-hydrogen) atoms. The molecule has 0 unspecified atom stereocenters. The third-order valence-electron chi connectivity index (χ3n) is 12.9. The Bertz CT molecular complexity index is 2700. The lowest BCUT2D eigenvalue weighted by molar-refractivity contribution is -0.350. The molecule has 0 aliphatic carbocycles. The molecule has 5 aromatic rings. The minimum Gasteiger partial charge on any atom is -0.497 e. The zero-order chi connectivity index (χ0) is 52.8. The van der Waals surface area contributed by atoms with Gasteiger partial charge in [0.15, 0.2) is 36.8 Å². The highest BCUT2D eigenvalue weighted by atomic mass is 28.4. The molecule has 8 rings (SSSR count). The molecule has 0 aromatic heterocycles. The Labute approximate surface area is 430 Å². The summed E-state index contributed by atoms with van der Waals surface area (Å²) in [6, 6.07) is 38.5. The third-order valence-corrected chi connectivity index (χ3v) is 18.0. The molecule has 3 aliphatic heterocycles. The van der Waals surface area contributed by atoms with Gasteiger partial charge in [-0.1, -0.05) is 114 Å². The van der Waals surface area contributed by atoms with Crippen LogP contribution in [-0.4, -0.2) is 121 Å². The lowest BCUT2D eigenvalue weighted by atomic mass is 9.95. The maximum Gasteiger partial charge on any atom is 0.349 e. The highest BCUT2D eigenvalue weighted by molar-refractivity contribution is 6.73. The summed E-state index contributed by atoms with van der Waals surface area (Å²) in [6.45, 7) is 12.0. The van der Waals surface area contributed by atoms with E-state index in [0.717, 1.165) is 7.11 Å². The average molecular weight is 1030 g/mol. The van der Waals surface area contributed by atoms with Crippen molar-refractivity contribution in [1.82, 2.24) is 0 Å². The summed E-state index contributed by atoms with van der Waals surface area (Å²) in [6.07, 6.45) is -16.1. The van der Waals surface area contributed by atoms with Gasteiger partial charge < -0.3 is 56.2 Å². The van der Waals surface area contributed by atoms with Crippen molar-refractivity contribution in [3.05, 3.63) is 168 Å². The summed E-state index contributed by atoms with van der Waals surface area (Å²) in [4.78, 5) is 71.5. The molecule has 5 aromatic carbocycles. The van der Waals surface area contributed by atoms with Crippen molar-refractivity contribution in [3.63, 3.8) is 0 Å². The number of benzene rings is 5. The molecule has 3 fully saturated rings. The van der Waals surface area contributed by atoms with Crippen LogP contribution < -0.4 is 9.47 Å². The first-order valence-electron chi connectivity index (χ1n) is 24.1. The predicted octanol–water partition coefficient (Wildman–Crippen LogP) is 8.44. The van der Waals surface area contributed by atoms with E-state index in [1.54, 1.807) is 109 Å². The third kappa shape index (κ3) is 11.5. The van der Waals surface area contributed by atoms with Gasteiger partial charge in [0, 0.05) is 10.1 Å². The number of carbonyl (C=O) groups is 5. The van der Waals surface area contributed by atoms with E-state index in [9.17, 15) is 24.0 Å². The Morgan fingerprint density at radius 2 is 0.892 bits per heavy atom. The molecule has 3 saturated heterocycles. The van der Waals surface area contributed by atoms with E-state index < -0.39 is 110 Å². The predicted molar refractivity (Wildman–Crippen MR) is 266 cm³/mol. The Morgan fingerprint density at radius 1 is 0.486 bits per heavy atom. The highest BCUT2D eigenvalue weighted by Crippen LogP contribution is 2.55. The smallest absolute Gasteiger partial charge is 0.349 e. The van der Waals surface area contributed by atoms with Crippen LogP contribution in [0.2, 0.25) is 10.1 Å². The zero-order valence-corrected chi connectivity index (χ0v) is 43.3. The van der Waals surface area contributed by atoms with Crippen LogP contribution in [0.4, 0.5) is 0 Å². The first kappa shape index (κ1) is 53.4. The first-order chi connectivity index (χ1) is 35.4. The van der Waals surface area contributed by atoms with E-state index in [1.165, 1.54) is 43.5 Å². The lowest BCUT2D eigenvalue weighted by Crippen LogP contribution is -2.73. The summed E-state index contributed by atoms with van der Waals surface area (Å²) in [5, 5.41) is -1.21. The highest BCUT2D eigenvalue weighted by Gasteiger charge is 2.67. The molecule has 0 amide bonds. The number of ether oxygens (including phenoxy) is 10. The SMILES string of the molecule is COC(=O)[C@H]1O[C@@H](O[C@H]2[C@H]3O[Si](C(C)(C)C)(C(C)(C)C)OC[C@H]3O[C@@H](Oc3ccc(OC)cc3)[C@@H]2OC(=O)c2ccccc2)[C@H](OC(=O)c2ccccc2)[C@@H](OC(=O)c2ccccc2)[C@@H]1OC(=O)c1ccccc1. The monoisotopic (exact) mass is 1030 g/mol. The number of esters is 5. The van der Waals surface area contributed by atoms with Crippen molar-refractivity contribution in [2.45, 2.75) is 113 Å². The summed E-state index contributed by atoms with van der Waals surface area (Å²) >= 11 is 0. The number of hydrogen-bond acceptors (Lipinski definition) is 17. The fourth-order valence-electron chi connectivity index (χ4n) is 9.49. The molecule has 18 heteroatoms. The Morgan fingerprint density at radius 3 is 1.31 bits per heavy atom. The maximum absolute atomic E-state index is 14.4. The van der Waals surface area contributed by atoms with Gasteiger partial charge in [0.2, 0.25) is 6.29 Å². The van der Waals surface area contributed by atoms with E-state index in [2.05, 4.69) is 0 Å². The van der Waals surface area contributed by atoms with Crippen LogP contribution in [0, 0.1) is 0 Å². The molecule has 0 radical (unpaired) electrons.